The molecule has 0 radical (unpaired) electrons. The highest BCUT2D eigenvalue weighted by atomic mass is 19.3. The van der Waals surface area contributed by atoms with Crippen LogP contribution in [0.25, 0.3) is 11.0 Å². The number of benzene rings is 1. The molecule has 0 unspecified atom stereocenters. The first-order valence-corrected chi connectivity index (χ1v) is 11.4. The number of rotatable bonds is 4. The van der Waals surface area contributed by atoms with Gasteiger partial charge >= 0.3 is 0 Å². The lowest BCUT2D eigenvalue weighted by atomic mass is 9.76. The molecule has 0 saturated carbocycles. The highest BCUT2D eigenvalue weighted by molar-refractivity contribution is 5.78. The van der Waals surface area contributed by atoms with Crippen LogP contribution in [0.4, 0.5) is 13.2 Å². The molecule has 8 nitrogen and oxygen atoms in total. The molecule has 0 spiro atoms. The van der Waals surface area contributed by atoms with E-state index < -0.39 is 47.4 Å². The highest BCUT2D eigenvalue weighted by Crippen LogP contribution is 2.48. The van der Waals surface area contributed by atoms with E-state index in [4.69, 9.17) is 4.74 Å². The Bertz CT molecular complexity index is 1290. The number of nitrogens with zero attached hydrogens (tertiary/aromatic N) is 3. The average molecular weight is 492 g/mol. The molecular weight excluding hydrogens is 465 g/mol. The van der Waals surface area contributed by atoms with Crippen molar-refractivity contribution >= 4 is 11.0 Å². The summed E-state index contributed by atoms with van der Waals surface area (Å²) >= 11 is 0. The van der Waals surface area contributed by atoms with Crippen LogP contribution in [0.5, 0.6) is 0 Å². The summed E-state index contributed by atoms with van der Waals surface area (Å²) < 4.78 is 49.9. The van der Waals surface area contributed by atoms with Gasteiger partial charge in [0.15, 0.2) is 6.23 Å². The van der Waals surface area contributed by atoms with E-state index in [1.165, 1.54) is 24.7 Å². The fraction of sp³-hybridized carbons (Fsp3) is 0.500. The van der Waals surface area contributed by atoms with Crippen LogP contribution in [0.15, 0.2) is 24.7 Å². The van der Waals surface area contributed by atoms with E-state index in [0.717, 1.165) is 11.5 Å². The van der Waals surface area contributed by atoms with Gasteiger partial charge < -0.3 is 29.9 Å². The molecule has 1 fully saturated rings. The lowest BCUT2D eigenvalue weighted by Gasteiger charge is -2.39. The first-order chi connectivity index (χ1) is 16.5. The van der Waals surface area contributed by atoms with Crippen LogP contribution in [-0.4, -0.2) is 54.2 Å². The van der Waals surface area contributed by atoms with Crippen LogP contribution in [0.2, 0.25) is 0 Å². The highest BCUT2D eigenvalue weighted by Gasteiger charge is 2.60. The van der Waals surface area contributed by atoms with Gasteiger partial charge in [-0.15, -0.1) is 0 Å². The molecule has 188 valence electrons. The number of aliphatic hydroxyl groups excluding tert-OH is 1. The molecule has 11 heteroatoms. The molecule has 0 bridgehead atoms. The monoisotopic (exact) mass is 492 g/mol. The topological polar surface area (TPSA) is 113 Å². The van der Waals surface area contributed by atoms with E-state index >= 15 is 0 Å². The average Bonchev–Trinajstić information content (AvgIpc) is 3.33. The van der Waals surface area contributed by atoms with Gasteiger partial charge in [-0.2, -0.15) is 0 Å². The normalized spacial score (nSPS) is 28.5. The van der Waals surface area contributed by atoms with E-state index in [2.05, 4.69) is 15.3 Å². The Morgan fingerprint density at radius 2 is 2.06 bits per heavy atom. The minimum Gasteiger partial charge on any atom is -0.385 e. The first-order valence-electron chi connectivity index (χ1n) is 11.4. The minimum atomic E-state index is -3.10. The number of ether oxygens (including phenoxy) is 1. The zero-order valence-electron chi connectivity index (χ0n) is 19.5. The van der Waals surface area contributed by atoms with Crippen molar-refractivity contribution < 1.29 is 33.2 Å². The molecular formula is C24H27F3N4O4. The number of nitrogens with one attached hydrogen (secondary N) is 1. The maximum atomic E-state index is 14.9. The summed E-state index contributed by atoms with van der Waals surface area (Å²) in [4.78, 5) is 8.40. The number of aliphatic hydroxyl groups is 3. The second-order valence-electron chi connectivity index (χ2n) is 9.66. The van der Waals surface area contributed by atoms with Gasteiger partial charge in [-0.05, 0) is 62.6 Å². The predicted octanol–water partition coefficient (Wildman–Crippen LogP) is 2.38. The van der Waals surface area contributed by atoms with Crippen LogP contribution in [0.3, 0.4) is 0 Å². The fourth-order valence-electron chi connectivity index (χ4n) is 5.43. The third kappa shape index (κ3) is 3.56. The molecule has 1 aromatic carbocycles. The Kier molecular flexibility index (Phi) is 5.68. The third-order valence-electron chi connectivity index (χ3n) is 7.31. The predicted molar refractivity (Wildman–Crippen MR) is 119 cm³/mol. The van der Waals surface area contributed by atoms with Crippen molar-refractivity contribution in [3.05, 3.63) is 58.4 Å². The smallest absolute Gasteiger partial charge is 0.266 e. The standard InChI is InChI=1S/C24H27F3N4O4/c1-11-12-5-7-31(20(12)30-10-29-11)21-18(32)24(3,34)22(35-21)23(2,33)16-8-14(19(26)27)17(25)13-4-6-28-9-15(13)16/h5,7-8,10,18-19,21-22,28,32-34H,4,6,9H2,1-3H3/t18-,21+,22+,23+,24-/m0/s1. The van der Waals surface area contributed by atoms with E-state index in [1.54, 1.807) is 19.2 Å². The van der Waals surface area contributed by atoms with Gasteiger partial charge in [-0.3, -0.25) is 0 Å². The molecule has 4 heterocycles. The molecule has 3 aromatic rings. The Morgan fingerprint density at radius 3 is 2.77 bits per heavy atom. The number of alkyl halides is 2. The summed E-state index contributed by atoms with van der Waals surface area (Å²) in [6.45, 7) is 4.99. The van der Waals surface area contributed by atoms with Crippen molar-refractivity contribution in [3.8, 4) is 0 Å². The fourth-order valence-corrected chi connectivity index (χ4v) is 5.43. The van der Waals surface area contributed by atoms with Crippen LogP contribution in [0, 0.1) is 12.7 Å². The Morgan fingerprint density at radius 1 is 1.31 bits per heavy atom. The van der Waals surface area contributed by atoms with Crippen LogP contribution < -0.4 is 5.32 Å². The molecule has 0 aliphatic carbocycles. The summed E-state index contributed by atoms with van der Waals surface area (Å²) in [5.41, 5.74) is -3.24. The summed E-state index contributed by atoms with van der Waals surface area (Å²) in [7, 11) is 0. The summed E-state index contributed by atoms with van der Waals surface area (Å²) in [5.74, 6) is -0.984. The zero-order valence-corrected chi connectivity index (χ0v) is 19.5. The number of fused-ring (bicyclic) bond motifs is 2. The Labute approximate surface area is 199 Å². The van der Waals surface area contributed by atoms with E-state index in [-0.39, 0.29) is 24.1 Å². The van der Waals surface area contributed by atoms with Gasteiger partial charge in [0.25, 0.3) is 6.43 Å². The maximum absolute atomic E-state index is 14.9. The molecule has 2 aliphatic rings. The molecule has 35 heavy (non-hydrogen) atoms. The number of hydrogen-bond donors (Lipinski definition) is 4. The van der Waals surface area contributed by atoms with Gasteiger partial charge in [0.1, 0.15) is 41.2 Å². The molecule has 5 rings (SSSR count). The van der Waals surface area contributed by atoms with E-state index in [0.29, 0.717) is 23.4 Å². The van der Waals surface area contributed by atoms with Gasteiger partial charge in [0.2, 0.25) is 0 Å². The van der Waals surface area contributed by atoms with E-state index in [9.17, 15) is 28.5 Å². The van der Waals surface area contributed by atoms with Crippen LogP contribution in [-0.2, 0) is 23.3 Å². The van der Waals surface area contributed by atoms with Gasteiger partial charge in [0.05, 0.1) is 11.3 Å². The lowest BCUT2D eigenvalue weighted by Crippen LogP contribution is -2.54. The Hall–Kier alpha value is -2.57. The quantitative estimate of drug-likeness (QED) is 0.442. The first kappa shape index (κ1) is 24.1. The van der Waals surface area contributed by atoms with Crippen molar-refractivity contribution in [2.75, 3.05) is 6.54 Å². The number of halogens is 3. The summed E-state index contributed by atoms with van der Waals surface area (Å²) in [6.07, 6.45) is -4.02. The molecule has 1 saturated heterocycles. The number of aromatic nitrogens is 3. The second kappa shape index (κ2) is 8.24. The van der Waals surface area contributed by atoms with Crippen molar-refractivity contribution in [2.24, 2.45) is 0 Å². The van der Waals surface area contributed by atoms with Gasteiger partial charge in [0, 0.05) is 18.1 Å². The number of hydrogen-bond acceptors (Lipinski definition) is 7. The molecule has 5 atom stereocenters. The summed E-state index contributed by atoms with van der Waals surface area (Å²) in [5, 5.41) is 37.9. The minimum absolute atomic E-state index is 0.0186. The largest absolute Gasteiger partial charge is 0.385 e. The Balaban J connectivity index is 1.61. The van der Waals surface area contributed by atoms with Crippen molar-refractivity contribution in [3.63, 3.8) is 0 Å². The zero-order chi connectivity index (χ0) is 25.3. The second-order valence-corrected chi connectivity index (χ2v) is 9.66. The van der Waals surface area contributed by atoms with Crippen molar-refractivity contribution in [1.82, 2.24) is 19.9 Å². The number of aryl methyl sites for hydroxylation is 1. The van der Waals surface area contributed by atoms with E-state index in [1.807, 2.05) is 0 Å². The van der Waals surface area contributed by atoms with Gasteiger partial charge in [-0.25, -0.2) is 23.1 Å². The molecule has 2 aliphatic heterocycles. The van der Waals surface area contributed by atoms with Gasteiger partial charge in [-0.1, -0.05) is 0 Å². The lowest BCUT2D eigenvalue weighted by molar-refractivity contribution is -0.162. The van der Waals surface area contributed by atoms with Crippen molar-refractivity contribution in [1.29, 1.82) is 0 Å². The molecule has 2 aromatic heterocycles. The molecule has 0 amide bonds. The third-order valence-corrected chi connectivity index (χ3v) is 7.31. The van der Waals surface area contributed by atoms with Crippen LogP contribution >= 0.6 is 0 Å². The summed E-state index contributed by atoms with van der Waals surface area (Å²) in [6, 6.07) is 2.69. The molecule has 4 N–H and O–H groups in total. The maximum Gasteiger partial charge on any atom is 0.266 e. The van der Waals surface area contributed by atoms with Crippen molar-refractivity contribution in [2.45, 2.75) is 69.8 Å². The SMILES string of the molecule is Cc1ncnc2c1ccn2[C@@H]1O[C@H]([C@](C)(O)c2cc(C(F)F)c(F)c3c2CNCC3)[C@@](C)(O)[C@H]1O. The van der Waals surface area contributed by atoms with Crippen LogP contribution in [0.1, 0.15) is 54.4 Å².